The van der Waals surface area contributed by atoms with Crippen molar-refractivity contribution in [3.63, 3.8) is 0 Å². The van der Waals surface area contributed by atoms with Crippen LogP contribution in [0.1, 0.15) is 6.42 Å². The highest BCUT2D eigenvalue weighted by Crippen LogP contribution is 2.29. The maximum Gasteiger partial charge on any atom is 0.261 e. The van der Waals surface area contributed by atoms with Crippen molar-refractivity contribution in [2.24, 2.45) is 0 Å². The Kier molecular flexibility index (Phi) is 7.83. The molecule has 9 nitrogen and oxygen atoms in total. The van der Waals surface area contributed by atoms with Crippen LogP contribution in [-0.2, 0) is 24.8 Å². The second-order valence-electron chi connectivity index (χ2n) is 9.40. The molecule has 1 fully saturated rings. The monoisotopic (exact) mass is 577 g/mol. The van der Waals surface area contributed by atoms with Gasteiger partial charge in [0.05, 0.1) is 9.79 Å². The predicted octanol–water partition coefficient (Wildman–Crippen LogP) is 3.64. The third kappa shape index (κ3) is 5.69. The molecule has 0 unspecified atom stereocenters. The summed E-state index contributed by atoms with van der Waals surface area (Å²) in [6.45, 7) is -0.289. The molecule has 11 heteroatoms. The molecule has 5 rings (SSSR count). The quantitative estimate of drug-likeness (QED) is 0.216. The van der Waals surface area contributed by atoms with Crippen LogP contribution in [-0.4, -0.2) is 50.9 Å². The molecule has 206 valence electrons. The van der Waals surface area contributed by atoms with E-state index in [4.69, 9.17) is 0 Å². The summed E-state index contributed by atoms with van der Waals surface area (Å²) in [7, 11) is -8.24. The molecule has 4 aromatic rings. The fraction of sp³-hybridized carbons (Fsp3) is 0.138. The first-order valence-corrected chi connectivity index (χ1v) is 15.4. The summed E-state index contributed by atoms with van der Waals surface area (Å²) in [5, 5.41) is 9.27. The normalized spacial score (nSPS) is 17.9. The van der Waals surface area contributed by atoms with Gasteiger partial charge in [0.15, 0.2) is 0 Å². The maximum atomic E-state index is 13.6. The highest BCUT2D eigenvalue weighted by Gasteiger charge is 2.45. The van der Waals surface area contributed by atoms with Crippen LogP contribution in [0.5, 0.6) is 0 Å². The van der Waals surface area contributed by atoms with E-state index in [1.54, 1.807) is 24.3 Å². The molecule has 0 aromatic heterocycles. The van der Waals surface area contributed by atoms with Crippen molar-refractivity contribution in [1.82, 2.24) is 14.5 Å². The summed E-state index contributed by atoms with van der Waals surface area (Å²) < 4.78 is 56.9. The van der Waals surface area contributed by atoms with E-state index in [2.05, 4.69) is 4.72 Å². The van der Waals surface area contributed by atoms with E-state index in [1.807, 2.05) is 60.7 Å². The first-order valence-electron chi connectivity index (χ1n) is 12.5. The smallest absolute Gasteiger partial charge is 0.261 e. The average Bonchev–Trinajstić information content (AvgIpc) is 3.42. The van der Waals surface area contributed by atoms with Gasteiger partial charge in [0.1, 0.15) is 6.04 Å². The van der Waals surface area contributed by atoms with Gasteiger partial charge in [-0.3, -0.25) is 10.0 Å². The number of nitrogens with zero attached hydrogens (tertiary/aromatic N) is 1. The van der Waals surface area contributed by atoms with Gasteiger partial charge in [-0.1, -0.05) is 84.9 Å². The molecule has 4 aromatic carbocycles. The molecular weight excluding hydrogens is 550 g/mol. The Labute approximate surface area is 233 Å². The summed E-state index contributed by atoms with van der Waals surface area (Å²) in [4.78, 5) is 12.4. The largest absolute Gasteiger partial charge is 0.289 e. The predicted molar refractivity (Wildman–Crippen MR) is 150 cm³/mol. The Hall–Kier alpha value is -3.87. The average molecular weight is 578 g/mol. The van der Waals surface area contributed by atoms with E-state index in [0.717, 1.165) is 26.6 Å². The fourth-order valence-electron chi connectivity index (χ4n) is 4.80. The van der Waals surface area contributed by atoms with Gasteiger partial charge in [-0.25, -0.2) is 27.0 Å². The van der Waals surface area contributed by atoms with E-state index < -0.39 is 38.0 Å². The summed E-state index contributed by atoms with van der Waals surface area (Å²) in [5.41, 5.74) is 5.01. The molecule has 3 N–H and O–H groups in total. The van der Waals surface area contributed by atoms with Gasteiger partial charge in [0, 0.05) is 12.6 Å². The Morgan fingerprint density at radius 1 is 0.675 bits per heavy atom. The number of sulfonamides is 2. The molecule has 0 radical (unpaired) electrons. The van der Waals surface area contributed by atoms with Crippen LogP contribution in [0.4, 0.5) is 0 Å². The fourth-order valence-corrected chi connectivity index (χ4v) is 7.68. The Bertz CT molecular complexity index is 1700. The van der Waals surface area contributed by atoms with Crippen molar-refractivity contribution in [1.29, 1.82) is 0 Å². The standard InChI is InChI=1S/C29H27N3O6S2/c33-29(30-34)28-19-25(31-39(35,36)26-15-11-23(12-16-26)21-7-3-1-4-8-21)20-32(28)40(37,38)27-17-13-24(14-18-27)22-9-5-2-6-10-22/h1-18,25,28,31,34H,19-20H2,(H,30,33)/t25-,28+/m0/s1. The lowest BCUT2D eigenvalue weighted by molar-refractivity contribution is -0.132. The molecule has 0 saturated carbocycles. The lowest BCUT2D eigenvalue weighted by Gasteiger charge is -2.22. The van der Waals surface area contributed by atoms with Crippen LogP contribution in [0.3, 0.4) is 0 Å². The number of hydroxylamine groups is 1. The van der Waals surface area contributed by atoms with Crippen molar-refractivity contribution >= 4 is 26.0 Å². The van der Waals surface area contributed by atoms with Crippen LogP contribution in [0.25, 0.3) is 22.3 Å². The van der Waals surface area contributed by atoms with E-state index in [1.165, 1.54) is 29.7 Å². The molecule has 1 aliphatic rings. The van der Waals surface area contributed by atoms with Gasteiger partial charge in [0.25, 0.3) is 5.91 Å². The zero-order valence-electron chi connectivity index (χ0n) is 21.2. The molecular formula is C29H27N3O6S2. The number of benzene rings is 4. The van der Waals surface area contributed by atoms with Crippen molar-refractivity contribution in [2.45, 2.75) is 28.3 Å². The SMILES string of the molecule is O=C(NO)[C@H]1C[C@H](NS(=O)(=O)c2ccc(-c3ccccc3)cc2)CN1S(=O)(=O)c1ccc(-c2ccccc2)cc1. The number of hydrogen-bond donors (Lipinski definition) is 3. The third-order valence-corrected chi connectivity index (χ3v) is 10.3. The van der Waals surface area contributed by atoms with Crippen LogP contribution in [0.2, 0.25) is 0 Å². The van der Waals surface area contributed by atoms with Gasteiger partial charge in [0.2, 0.25) is 20.0 Å². The number of carbonyl (C=O) groups excluding carboxylic acids is 1. The molecule has 0 aliphatic carbocycles. The van der Waals surface area contributed by atoms with E-state index >= 15 is 0 Å². The second-order valence-corrected chi connectivity index (χ2v) is 13.0. The summed E-state index contributed by atoms with van der Waals surface area (Å²) in [6, 6.07) is 29.3. The molecule has 40 heavy (non-hydrogen) atoms. The third-order valence-electron chi connectivity index (χ3n) is 6.83. The van der Waals surface area contributed by atoms with Gasteiger partial charge in [-0.15, -0.1) is 0 Å². The lowest BCUT2D eigenvalue weighted by Crippen LogP contribution is -2.45. The van der Waals surface area contributed by atoms with Gasteiger partial charge < -0.3 is 0 Å². The Morgan fingerprint density at radius 2 is 1.12 bits per heavy atom. The minimum absolute atomic E-state index is 0.00755. The molecule has 1 aliphatic heterocycles. The highest BCUT2D eigenvalue weighted by atomic mass is 32.2. The highest BCUT2D eigenvalue weighted by molar-refractivity contribution is 7.89. The van der Waals surface area contributed by atoms with Crippen molar-refractivity contribution in [3.8, 4) is 22.3 Å². The van der Waals surface area contributed by atoms with Gasteiger partial charge in [-0.2, -0.15) is 4.31 Å². The minimum Gasteiger partial charge on any atom is -0.289 e. The molecule has 0 bridgehead atoms. The van der Waals surface area contributed by atoms with Crippen molar-refractivity contribution < 1.29 is 26.8 Å². The van der Waals surface area contributed by atoms with Crippen LogP contribution in [0, 0.1) is 0 Å². The number of nitrogens with one attached hydrogen (secondary N) is 2. The van der Waals surface area contributed by atoms with Gasteiger partial charge in [-0.05, 0) is 52.9 Å². The van der Waals surface area contributed by atoms with Crippen molar-refractivity contribution in [2.75, 3.05) is 6.54 Å². The zero-order chi connectivity index (χ0) is 28.3. The lowest BCUT2D eigenvalue weighted by atomic mass is 10.1. The van der Waals surface area contributed by atoms with E-state index in [0.29, 0.717) is 0 Å². The molecule has 1 saturated heterocycles. The number of hydrogen-bond acceptors (Lipinski definition) is 6. The zero-order valence-corrected chi connectivity index (χ0v) is 22.8. The topological polar surface area (TPSA) is 133 Å². The summed E-state index contributed by atoms with van der Waals surface area (Å²) in [6.07, 6.45) is -0.158. The Balaban J connectivity index is 1.36. The van der Waals surface area contributed by atoms with Crippen LogP contribution < -0.4 is 10.2 Å². The first kappa shape index (κ1) is 27.7. The van der Waals surface area contributed by atoms with E-state index in [9.17, 15) is 26.8 Å². The van der Waals surface area contributed by atoms with Gasteiger partial charge >= 0.3 is 0 Å². The summed E-state index contributed by atoms with van der Waals surface area (Å²) >= 11 is 0. The number of rotatable bonds is 8. The second kappa shape index (κ2) is 11.3. The Morgan fingerprint density at radius 3 is 1.60 bits per heavy atom. The molecule has 2 atom stereocenters. The van der Waals surface area contributed by atoms with Crippen LogP contribution >= 0.6 is 0 Å². The number of carbonyl (C=O) groups is 1. The molecule has 1 heterocycles. The summed E-state index contributed by atoms with van der Waals surface area (Å²) in [5.74, 6) is -0.946. The molecule has 1 amide bonds. The van der Waals surface area contributed by atoms with E-state index in [-0.39, 0.29) is 22.8 Å². The first-order chi connectivity index (χ1) is 19.2. The maximum absolute atomic E-state index is 13.6. The van der Waals surface area contributed by atoms with Crippen LogP contribution in [0.15, 0.2) is 119 Å². The number of amides is 1. The molecule has 0 spiro atoms. The van der Waals surface area contributed by atoms with Crippen molar-refractivity contribution in [3.05, 3.63) is 109 Å². The minimum atomic E-state index is -4.20.